The van der Waals surface area contributed by atoms with Gasteiger partial charge in [0.25, 0.3) is 0 Å². The second kappa shape index (κ2) is 12.8. The van der Waals surface area contributed by atoms with Crippen molar-refractivity contribution in [3.63, 3.8) is 0 Å². The third kappa shape index (κ3) is 6.69. The number of rotatable bonds is 14. The Morgan fingerprint density at radius 1 is 0.594 bits per heavy atom. The average Bonchev–Trinajstić information content (AvgIpc) is 2.84. The lowest BCUT2D eigenvalue weighted by atomic mass is 10.1. The largest absolute Gasteiger partial charge is 0.310 e. The van der Waals surface area contributed by atoms with Crippen LogP contribution in [0.25, 0.3) is 21.8 Å². The SMILES string of the molecule is CCN(CC)CCNCc1ccc2ccc3ccc(CNCCN(CC)CC)nc3c2n1. The maximum absolute atomic E-state index is 4.98. The predicted octanol–water partition coefficient (Wildman–Crippen LogP) is 3.65. The van der Waals surface area contributed by atoms with Gasteiger partial charge in [-0.2, -0.15) is 0 Å². The van der Waals surface area contributed by atoms with Crippen molar-refractivity contribution < 1.29 is 0 Å². The van der Waals surface area contributed by atoms with E-state index in [0.29, 0.717) is 0 Å². The molecule has 2 heterocycles. The van der Waals surface area contributed by atoms with Crippen molar-refractivity contribution in [3.05, 3.63) is 47.8 Å². The summed E-state index contributed by atoms with van der Waals surface area (Å²) in [5.41, 5.74) is 4.12. The van der Waals surface area contributed by atoms with Gasteiger partial charge in [0.15, 0.2) is 0 Å². The highest BCUT2D eigenvalue weighted by atomic mass is 15.1. The molecule has 0 fully saturated rings. The molecule has 0 aliphatic heterocycles. The zero-order chi connectivity index (χ0) is 22.8. The minimum atomic E-state index is 0.778. The number of nitrogens with zero attached hydrogens (tertiary/aromatic N) is 4. The van der Waals surface area contributed by atoms with E-state index < -0.39 is 0 Å². The van der Waals surface area contributed by atoms with E-state index in [1.54, 1.807) is 0 Å². The third-order valence-electron chi connectivity index (χ3n) is 6.25. The van der Waals surface area contributed by atoms with E-state index in [4.69, 9.17) is 9.97 Å². The molecule has 6 nitrogen and oxygen atoms in total. The van der Waals surface area contributed by atoms with Crippen molar-refractivity contribution in [2.45, 2.75) is 40.8 Å². The van der Waals surface area contributed by atoms with Crippen LogP contribution in [-0.2, 0) is 13.1 Å². The number of fused-ring (bicyclic) bond motifs is 3. The summed E-state index contributed by atoms with van der Waals surface area (Å²) in [4.78, 5) is 14.8. The summed E-state index contributed by atoms with van der Waals surface area (Å²) in [5.74, 6) is 0. The van der Waals surface area contributed by atoms with Crippen LogP contribution in [-0.4, -0.2) is 72.1 Å². The summed E-state index contributed by atoms with van der Waals surface area (Å²) in [6.07, 6.45) is 0. The Bertz CT molecular complexity index is 886. The molecule has 2 N–H and O–H groups in total. The van der Waals surface area contributed by atoms with Crippen LogP contribution in [0.15, 0.2) is 36.4 Å². The lowest BCUT2D eigenvalue weighted by Crippen LogP contribution is -2.31. The second-order valence-corrected chi connectivity index (χ2v) is 8.22. The first kappa shape index (κ1) is 24.5. The van der Waals surface area contributed by atoms with E-state index >= 15 is 0 Å². The van der Waals surface area contributed by atoms with Gasteiger partial charge in [0.2, 0.25) is 0 Å². The summed E-state index contributed by atoms with van der Waals surface area (Å²) in [7, 11) is 0. The Balaban J connectivity index is 1.68. The van der Waals surface area contributed by atoms with Gasteiger partial charge in [-0.25, -0.2) is 9.97 Å². The number of likely N-dealkylation sites (N-methyl/N-ethyl adjacent to an activating group) is 2. The molecule has 0 amide bonds. The molecule has 32 heavy (non-hydrogen) atoms. The first-order valence-corrected chi connectivity index (χ1v) is 12.2. The van der Waals surface area contributed by atoms with E-state index in [1.807, 2.05) is 0 Å². The number of nitrogens with one attached hydrogen (secondary N) is 2. The van der Waals surface area contributed by atoms with Gasteiger partial charge >= 0.3 is 0 Å². The summed E-state index contributed by atoms with van der Waals surface area (Å²) in [5, 5.41) is 9.36. The van der Waals surface area contributed by atoms with Crippen molar-refractivity contribution in [2.75, 3.05) is 52.4 Å². The number of hydrogen-bond donors (Lipinski definition) is 2. The molecule has 1 aromatic carbocycles. The van der Waals surface area contributed by atoms with Crippen molar-refractivity contribution >= 4 is 21.8 Å². The molecule has 0 spiro atoms. The molecule has 6 heteroatoms. The first-order chi connectivity index (χ1) is 15.7. The summed E-state index contributed by atoms with van der Waals surface area (Å²) in [6.45, 7) is 18.8. The molecule has 0 atom stereocenters. The van der Waals surface area contributed by atoms with Crippen LogP contribution < -0.4 is 10.6 Å². The van der Waals surface area contributed by atoms with Crippen molar-refractivity contribution in [1.29, 1.82) is 0 Å². The van der Waals surface area contributed by atoms with Gasteiger partial charge in [-0.3, -0.25) is 0 Å². The maximum atomic E-state index is 4.98. The number of benzene rings is 1. The smallest absolute Gasteiger partial charge is 0.0968 e. The van der Waals surface area contributed by atoms with Crippen LogP contribution in [0.1, 0.15) is 39.1 Å². The third-order valence-corrected chi connectivity index (χ3v) is 6.25. The predicted molar refractivity (Wildman–Crippen MR) is 136 cm³/mol. The number of hydrogen-bond acceptors (Lipinski definition) is 6. The van der Waals surface area contributed by atoms with Gasteiger partial charge in [-0.15, -0.1) is 0 Å². The second-order valence-electron chi connectivity index (χ2n) is 8.22. The van der Waals surface area contributed by atoms with E-state index in [-0.39, 0.29) is 0 Å². The monoisotopic (exact) mass is 436 g/mol. The molecule has 3 rings (SSSR count). The fraction of sp³-hybridized carbons (Fsp3) is 0.538. The molecular weight excluding hydrogens is 396 g/mol. The number of aromatic nitrogens is 2. The summed E-state index contributed by atoms with van der Waals surface area (Å²) in [6, 6.07) is 12.9. The van der Waals surface area contributed by atoms with Crippen molar-refractivity contribution in [2.24, 2.45) is 0 Å². The Morgan fingerprint density at radius 3 is 1.34 bits per heavy atom. The highest BCUT2D eigenvalue weighted by Crippen LogP contribution is 2.23. The molecule has 0 aliphatic carbocycles. The minimum Gasteiger partial charge on any atom is -0.310 e. The molecule has 0 unspecified atom stereocenters. The molecule has 0 radical (unpaired) electrons. The van der Waals surface area contributed by atoms with Crippen molar-refractivity contribution in [1.82, 2.24) is 30.4 Å². The van der Waals surface area contributed by atoms with E-state index in [1.165, 1.54) is 0 Å². The van der Waals surface area contributed by atoms with Crippen LogP contribution in [0.4, 0.5) is 0 Å². The van der Waals surface area contributed by atoms with Crippen LogP contribution in [0.5, 0.6) is 0 Å². The Hall–Kier alpha value is -2.12. The van der Waals surface area contributed by atoms with E-state index in [9.17, 15) is 0 Å². The maximum Gasteiger partial charge on any atom is 0.0968 e. The quantitative estimate of drug-likeness (QED) is 0.297. The Labute approximate surface area is 193 Å². The highest BCUT2D eigenvalue weighted by Gasteiger charge is 2.07. The van der Waals surface area contributed by atoms with E-state index in [0.717, 1.165) is 98.6 Å². The first-order valence-electron chi connectivity index (χ1n) is 12.2. The fourth-order valence-electron chi connectivity index (χ4n) is 4.03. The average molecular weight is 437 g/mol. The topological polar surface area (TPSA) is 56.3 Å². The Morgan fingerprint density at radius 2 is 0.969 bits per heavy atom. The Kier molecular flexibility index (Phi) is 9.81. The zero-order valence-electron chi connectivity index (χ0n) is 20.3. The van der Waals surface area contributed by atoms with Gasteiger partial charge < -0.3 is 20.4 Å². The van der Waals surface area contributed by atoms with Crippen LogP contribution in [0.2, 0.25) is 0 Å². The summed E-state index contributed by atoms with van der Waals surface area (Å²) >= 11 is 0. The van der Waals surface area contributed by atoms with Gasteiger partial charge in [-0.1, -0.05) is 52.0 Å². The lowest BCUT2D eigenvalue weighted by molar-refractivity contribution is 0.302. The lowest BCUT2D eigenvalue weighted by Gasteiger charge is -2.18. The van der Waals surface area contributed by atoms with Gasteiger partial charge in [0, 0.05) is 50.0 Å². The number of pyridine rings is 2. The molecule has 174 valence electrons. The van der Waals surface area contributed by atoms with Gasteiger partial charge in [-0.05, 0) is 38.3 Å². The molecular formula is C26H40N6. The normalized spacial score (nSPS) is 11.9. The van der Waals surface area contributed by atoms with E-state index in [2.05, 4.69) is 84.5 Å². The highest BCUT2D eigenvalue weighted by molar-refractivity contribution is 6.02. The van der Waals surface area contributed by atoms with Gasteiger partial charge in [0.1, 0.15) is 0 Å². The van der Waals surface area contributed by atoms with Gasteiger partial charge in [0.05, 0.1) is 22.4 Å². The van der Waals surface area contributed by atoms with Crippen LogP contribution in [0.3, 0.4) is 0 Å². The molecule has 2 aromatic heterocycles. The van der Waals surface area contributed by atoms with Crippen LogP contribution >= 0.6 is 0 Å². The fourth-order valence-corrected chi connectivity index (χ4v) is 4.03. The van der Waals surface area contributed by atoms with Crippen molar-refractivity contribution in [3.8, 4) is 0 Å². The zero-order valence-corrected chi connectivity index (χ0v) is 20.3. The standard InChI is InChI=1S/C26H40N6/c1-5-31(6-2)17-15-27-19-23-13-11-21-9-10-22-12-14-24(30-26(22)25(21)29-23)20-28-16-18-32(7-3)8-4/h9-14,27-28H,5-8,15-20H2,1-4H3. The minimum absolute atomic E-state index is 0.778. The summed E-state index contributed by atoms with van der Waals surface area (Å²) < 4.78 is 0. The molecule has 0 bridgehead atoms. The van der Waals surface area contributed by atoms with Crippen LogP contribution in [0, 0.1) is 0 Å². The molecule has 0 saturated heterocycles. The molecule has 0 aliphatic rings. The molecule has 0 saturated carbocycles. The molecule has 3 aromatic rings.